The summed E-state index contributed by atoms with van der Waals surface area (Å²) in [7, 11) is 0. The largest absolute Gasteiger partial charge is 0.355 e. The van der Waals surface area contributed by atoms with Gasteiger partial charge >= 0.3 is 0 Å². The lowest BCUT2D eigenvalue weighted by molar-refractivity contribution is -0.123. The highest BCUT2D eigenvalue weighted by Gasteiger charge is 2.38. The quantitative estimate of drug-likeness (QED) is 0.771. The predicted octanol–water partition coefficient (Wildman–Crippen LogP) is 1.17. The fourth-order valence-corrected chi connectivity index (χ4v) is 1.54. The third kappa shape index (κ3) is 4.79. The third-order valence-corrected chi connectivity index (χ3v) is 2.86. The Morgan fingerprint density at radius 2 is 2.06 bits per heavy atom. The maximum absolute atomic E-state index is 11.4. The molecule has 0 aromatic carbocycles. The number of halogens is 1. The molecule has 16 heavy (non-hydrogen) atoms. The van der Waals surface area contributed by atoms with Gasteiger partial charge in [-0.1, -0.05) is 29.4 Å². The van der Waals surface area contributed by atoms with Gasteiger partial charge in [-0.3, -0.25) is 9.59 Å². The fraction of sp³-hybridized carbons (Fsp3) is 0.636. The van der Waals surface area contributed by atoms with Crippen molar-refractivity contribution in [1.29, 1.82) is 0 Å². The van der Waals surface area contributed by atoms with Gasteiger partial charge in [-0.25, -0.2) is 0 Å². The molecule has 1 rings (SSSR count). The zero-order valence-corrected chi connectivity index (χ0v) is 11.0. The first kappa shape index (κ1) is 13.2. The number of rotatable bonds is 6. The van der Waals surface area contributed by atoms with E-state index in [1.165, 1.54) is 0 Å². The van der Waals surface area contributed by atoms with Crippen molar-refractivity contribution in [2.45, 2.75) is 19.8 Å². The highest BCUT2D eigenvalue weighted by Crippen LogP contribution is 2.37. The van der Waals surface area contributed by atoms with Crippen LogP contribution in [0.5, 0.6) is 0 Å². The van der Waals surface area contributed by atoms with E-state index in [4.69, 9.17) is 0 Å². The molecule has 1 aliphatic rings. The van der Waals surface area contributed by atoms with Crippen LogP contribution >= 0.6 is 15.9 Å². The van der Waals surface area contributed by atoms with Crippen molar-refractivity contribution in [2.24, 2.45) is 11.8 Å². The summed E-state index contributed by atoms with van der Waals surface area (Å²) in [6.45, 7) is 6.49. The van der Waals surface area contributed by atoms with Crippen molar-refractivity contribution in [3.05, 3.63) is 11.1 Å². The number of nitrogens with one attached hydrogen (secondary N) is 2. The van der Waals surface area contributed by atoms with Crippen molar-refractivity contribution < 1.29 is 9.59 Å². The minimum atomic E-state index is -0.0789. The first-order valence-electron chi connectivity index (χ1n) is 5.38. The van der Waals surface area contributed by atoms with Gasteiger partial charge < -0.3 is 10.6 Å². The Bertz CT molecular complexity index is 304. The summed E-state index contributed by atoms with van der Waals surface area (Å²) >= 11 is 3.15. The maximum atomic E-state index is 11.4. The molecule has 1 aliphatic carbocycles. The van der Waals surface area contributed by atoms with Gasteiger partial charge in [-0.15, -0.1) is 0 Å². The van der Waals surface area contributed by atoms with E-state index in [-0.39, 0.29) is 17.7 Å². The highest BCUT2D eigenvalue weighted by atomic mass is 79.9. The summed E-state index contributed by atoms with van der Waals surface area (Å²) < 4.78 is 0.733. The lowest BCUT2D eigenvalue weighted by Gasteiger charge is -2.05. The van der Waals surface area contributed by atoms with Gasteiger partial charge in [0, 0.05) is 29.9 Å². The number of hydrogen-bond acceptors (Lipinski definition) is 2. The van der Waals surface area contributed by atoms with E-state index in [0.717, 1.165) is 10.9 Å². The predicted molar refractivity (Wildman–Crippen MR) is 66.0 cm³/mol. The van der Waals surface area contributed by atoms with Crippen LogP contribution in [0.1, 0.15) is 19.8 Å². The van der Waals surface area contributed by atoms with Crippen LogP contribution in [0.15, 0.2) is 11.1 Å². The molecule has 0 spiro atoms. The van der Waals surface area contributed by atoms with Crippen molar-refractivity contribution in [3.63, 3.8) is 0 Å². The molecule has 0 saturated heterocycles. The monoisotopic (exact) mass is 288 g/mol. The molecule has 90 valence electrons. The molecule has 1 fully saturated rings. The van der Waals surface area contributed by atoms with Crippen LogP contribution in [0.4, 0.5) is 0 Å². The standard InChI is InChI=1S/C11H17BrN2O2/c1-7-5-9(7)11(16)13-4-3-10(15)14-6-8(2)12/h7,9H,2-6H2,1H3,(H,13,16)(H,14,15). The normalized spacial score (nSPS) is 22.4. The van der Waals surface area contributed by atoms with E-state index in [9.17, 15) is 9.59 Å². The van der Waals surface area contributed by atoms with Crippen molar-refractivity contribution >= 4 is 27.7 Å². The molecule has 0 heterocycles. The van der Waals surface area contributed by atoms with Crippen LogP contribution in [0.2, 0.25) is 0 Å². The molecule has 0 aromatic rings. The average molecular weight is 289 g/mol. The first-order chi connectivity index (χ1) is 7.50. The van der Waals surface area contributed by atoms with E-state index in [2.05, 4.69) is 40.1 Å². The Labute approximate surface area is 104 Å². The van der Waals surface area contributed by atoms with Gasteiger partial charge in [0.05, 0.1) is 0 Å². The van der Waals surface area contributed by atoms with E-state index in [1.807, 2.05) is 0 Å². The molecular weight excluding hydrogens is 272 g/mol. The summed E-state index contributed by atoms with van der Waals surface area (Å²) in [5, 5.41) is 5.43. The fourth-order valence-electron chi connectivity index (χ4n) is 1.40. The van der Waals surface area contributed by atoms with Gasteiger partial charge in [-0.2, -0.15) is 0 Å². The Balaban J connectivity index is 2.04. The Kier molecular flexibility index (Phi) is 4.99. The molecule has 0 aliphatic heterocycles. The average Bonchev–Trinajstić information content (AvgIpc) is 2.92. The second kappa shape index (κ2) is 6.03. The molecule has 2 N–H and O–H groups in total. The topological polar surface area (TPSA) is 58.2 Å². The van der Waals surface area contributed by atoms with Gasteiger partial charge in [0.25, 0.3) is 0 Å². The van der Waals surface area contributed by atoms with Crippen molar-refractivity contribution in [1.82, 2.24) is 10.6 Å². The van der Waals surface area contributed by atoms with Crippen LogP contribution in [0.25, 0.3) is 0 Å². The van der Waals surface area contributed by atoms with Gasteiger partial charge in [0.15, 0.2) is 0 Å². The molecule has 5 heteroatoms. The van der Waals surface area contributed by atoms with Crippen LogP contribution in [-0.4, -0.2) is 24.9 Å². The van der Waals surface area contributed by atoms with E-state index in [1.54, 1.807) is 0 Å². The Morgan fingerprint density at radius 1 is 1.44 bits per heavy atom. The van der Waals surface area contributed by atoms with Crippen molar-refractivity contribution in [2.75, 3.05) is 13.1 Å². The number of carbonyl (C=O) groups excluding carboxylic acids is 2. The maximum Gasteiger partial charge on any atom is 0.223 e. The minimum absolute atomic E-state index is 0.0743. The summed E-state index contributed by atoms with van der Waals surface area (Å²) in [6.07, 6.45) is 1.29. The summed E-state index contributed by atoms with van der Waals surface area (Å²) in [5.41, 5.74) is 0. The molecule has 0 radical (unpaired) electrons. The van der Waals surface area contributed by atoms with Crippen molar-refractivity contribution in [3.8, 4) is 0 Å². The summed E-state index contributed by atoms with van der Waals surface area (Å²) in [5.74, 6) is 0.672. The van der Waals surface area contributed by atoms with Gasteiger partial charge in [-0.05, 0) is 12.3 Å². The number of hydrogen-bond donors (Lipinski definition) is 2. The van der Waals surface area contributed by atoms with Gasteiger partial charge in [0.1, 0.15) is 0 Å². The SMILES string of the molecule is C=C(Br)CNC(=O)CCNC(=O)C1CC1C. The molecule has 2 atom stereocenters. The Hall–Kier alpha value is -0.840. The summed E-state index contributed by atoms with van der Waals surface area (Å²) in [6, 6.07) is 0. The third-order valence-electron chi connectivity index (χ3n) is 2.57. The number of amides is 2. The number of carbonyl (C=O) groups is 2. The van der Waals surface area contributed by atoms with Crippen LogP contribution in [0.3, 0.4) is 0 Å². The lowest BCUT2D eigenvalue weighted by Crippen LogP contribution is -2.32. The van der Waals surface area contributed by atoms with Crippen LogP contribution in [0, 0.1) is 11.8 Å². The van der Waals surface area contributed by atoms with Gasteiger partial charge in [0.2, 0.25) is 11.8 Å². The molecule has 2 unspecified atom stereocenters. The zero-order valence-electron chi connectivity index (χ0n) is 9.38. The summed E-state index contributed by atoms with van der Waals surface area (Å²) in [4.78, 5) is 22.7. The Morgan fingerprint density at radius 3 is 2.56 bits per heavy atom. The lowest BCUT2D eigenvalue weighted by atomic mass is 10.3. The molecular formula is C11H17BrN2O2. The first-order valence-corrected chi connectivity index (χ1v) is 6.17. The zero-order chi connectivity index (χ0) is 12.1. The highest BCUT2D eigenvalue weighted by molar-refractivity contribution is 9.11. The van der Waals surface area contributed by atoms with Crippen LogP contribution in [-0.2, 0) is 9.59 Å². The van der Waals surface area contributed by atoms with Crippen LogP contribution < -0.4 is 10.6 Å². The second-order valence-electron chi connectivity index (χ2n) is 4.15. The molecule has 4 nitrogen and oxygen atoms in total. The second-order valence-corrected chi connectivity index (χ2v) is 5.28. The smallest absolute Gasteiger partial charge is 0.223 e. The van der Waals surface area contributed by atoms with E-state index >= 15 is 0 Å². The molecule has 0 aromatic heterocycles. The molecule has 0 bridgehead atoms. The molecule has 2 amide bonds. The minimum Gasteiger partial charge on any atom is -0.355 e. The molecule has 1 saturated carbocycles. The van der Waals surface area contributed by atoms with E-state index < -0.39 is 0 Å². The van der Waals surface area contributed by atoms with E-state index in [0.29, 0.717) is 25.4 Å².